The number of carbonyl (C=O) groups is 1. The van der Waals surface area contributed by atoms with Crippen molar-refractivity contribution in [2.45, 2.75) is 6.92 Å². The third-order valence-corrected chi connectivity index (χ3v) is 1.04. The molecule has 5 nitrogen and oxygen atoms in total. The SMILES string of the molecule is CCNC/N=C\N=C\C(=O)NC. The molecule has 2 N–H and O–H groups in total. The van der Waals surface area contributed by atoms with Crippen molar-refractivity contribution in [3.8, 4) is 0 Å². The van der Waals surface area contributed by atoms with E-state index in [2.05, 4.69) is 20.6 Å². The molecule has 12 heavy (non-hydrogen) atoms. The molecule has 0 spiro atoms. The predicted octanol–water partition coefficient (Wildman–Crippen LogP) is -0.601. The Morgan fingerprint density at radius 1 is 1.58 bits per heavy atom. The first-order valence-electron chi connectivity index (χ1n) is 3.75. The molecule has 68 valence electrons. The molecule has 0 fully saturated rings. The Morgan fingerprint density at radius 3 is 2.92 bits per heavy atom. The maximum Gasteiger partial charge on any atom is 0.262 e. The first kappa shape index (κ1) is 10.8. The summed E-state index contributed by atoms with van der Waals surface area (Å²) in [6.45, 7) is 3.39. The van der Waals surface area contributed by atoms with Gasteiger partial charge in [0.2, 0.25) is 0 Å². The summed E-state index contributed by atoms with van der Waals surface area (Å²) in [6.07, 6.45) is 2.52. The first-order chi connectivity index (χ1) is 5.81. The van der Waals surface area contributed by atoms with E-state index in [0.717, 1.165) is 6.54 Å². The molecule has 0 unspecified atom stereocenters. The van der Waals surface area contributed by atoms with Gasteiger partial charge in [0, 0.05) is 7.05 Å². The highest BCUT2D eigenvalue weighted by atomic mass is 16.1. The lowest BCUT2D eigenvalue weighted by Gasteiger charge is -1.90. The second-order valence-corrected chi connectivity index (χ2v) is 1.95. The average molecular weight is 170 g/mol. The quantitative estimate of drug-likeness (QED) is 0.328. The summed E-state index contributed by atoms with van der Waals surface area (Å²) < 4.78 is 0. The van der Waals surface area contributed by atoms with Gasteiger partial charge in [-0.2, -0.15) is 0 Å². The van der Waals surface area contributed by atoms with Crippen molar-refractivity contribution in [3.63, 3.8) is 0 Å². The van der Waals surface area contributed by atoms with Crippen molar-refractivity contribution in [3.05, 3.63) is 0 Å². The van der Waals surface area contributed by atoms with Crippen LogP contribution in [0.1, 0.15) is 6.92 Å². The van der Waals surface area contributed by atoms with Crippen molar-refractivity contribution >= 4 is 18.5 Å². The number of carbonyl (C=O) groups excluding carboxylic acids is 1. The van der Waals surface area contributed by atoms with Crippen LogP contribution in [-0.4, -0.2) is 38.7 Å². The molecule has 0 saturated heterocycles. The normalized spacial score (nSPS) is 11.2. The topological polar surface area (TPSA) is 65.8 Å². The monoisotopic (exact) mass is 170 g/mol. The molecular formula is C7H14N4O. The molecule has 0 aromatic carbocycles. The minimum absolute atomic E-state index is 0.232. The zero-order valence-corrected chi connectivity index (χ0v) is 7.37. The summed E-state index contributed by atoms with van der Waals surface area (Å²) in [5, 5.41) is 5.38. The van der Waals surface area contributed by atoms with E-state index in [0.29, 0.717) is 6.67 Å². The van der Waals surface area contributed by atoms with E-state index in [9.17, 15) is 4.79 Å². The highest BCUT2D eigenvalue weighted by molar-refractivity contribution is 6.27. The van der Waals surface area contributed by atoms with Crippen LogP contribution in [0.15, 0.2) is 9.98 Å². The summed E-state index contributed by atoms with van der Waals surface area (Å²) in [5.74, 6) is -0.232. The lowest BCUT2D eigenvalue weighted by molar-refractivity contribution is -0.113. The van der Waals surface area contributed by atoms with E-state index >= 15 is 0 Å². The van der Waals surface area contributed by atoms with Crippen LogP contribution in [0.2, 0.25) is 0 Å². The Labute approximate surface area is 72.0 Å². The van der Waals surface area contributed by atoms with E-state index in [1.165, 1.54) is 12.6 Å². The number of hydrogen-bond donors (Lipinski definition) is 2. The average Bonchev–Trinajstić information content (AvgIpc) is 2.10. The Hall–Kier alpha value is -1.23. The largest absolute Gasteiger partial charge is 0.354 e. The van der Waals surface area contributed by atoms with Crippen LogP contribution in [0.3, 0.4) is 0 Å². The van der Waals surface area contributed by atoms with E-state index in [-0.39, 0.29) is 5.91 Å². The minimum atomic E-state index is -0.232. The molecule has 0 radical (unpaired) electrons. The lowest BCUT2D eigenvalue weighted by Crippen LogP contribution is -2.18. The predicted molar refractivity (Wildman–Crippen MR) is 49.6 cm³/mol. The van der Waals surface area contributed by atoms with Crippen molar-refractivity contribution in [1.29, 1.82) is 0 Å². The summed E-state index contributed by atoms with van der Waals surface area (Å²) in [6, 6.07) is 0. The molecule has 1 amide bonds. The number of amides is 1. The van der Waals surface area contributed by atoms with E-state index in [1.807, 2.05) is 6.92 Å². The van der Waals surface area contributed by atoms with Gasteiger partial charge in [0.05, 0.1) is 12.9 Å². The summed E-state index contributed by atoms with van der Waals surface area (Å²) in [7, 11) is 1.55. The van der Waals surface area contributed by atoms with Gasteiger partial charge in [-0.05, 0) is 6.54 Å². The Balaban J connectivity index is 3.45. The summed E-state index contributed by atoms with van der Waals surface area (Å²) in [5.41, 5.74) is 0. The number of nitrogens with one attached hydrogen (secondary N) is 2. The second-order valence-electron chi connectivity index (χ2n) is 1.95. The van der Waals surface area contributed by atoms with E-state index in [4.69, 9.17) is 0 Å². The van der Waals surface area contributed by atoms with Crippen LogP contribution < -0.4 is 10.6 Å². The molecule has 0 aromatic rings. The van der Waals surface area contributed by atoms with Crippen LogP contribution in [0.25, 0.3) is 0 Å². The van der Waals surface area contributed by atoms with Crippen LogP contribution in [-0.2, 0) is 4.79 Å². The van der Waals surface area contributed by atoms with Gasteiger partial charge in [-0.15, -0.1) is 0 Å². The van der Waals surface area contributed by atoms with Gasteiger partial charge in [0.1, 0.15) is 6.34 Å². The standard InChI is InChI=1S/C7H14N4O/c1-3-9-5-11-6-10-4-7(12)8-2/h4,6,9H,3,5H2,1-2H3,(H,8,12)/b10-4+,11-6-. The second kappa shape index (κ2) is 7.87. The summed E-state index contributed by atoms with van der Waals surface area (Å²) >= 11 is 0. The third-order valence-electron chi connectivity index (χ3n) is 1.04. The molecule has 0 aromatic heterocycles. The van der Waals surface area contributed by atoms with Crippen molar-refractivity contribution in [2.24, 2.45) is 9.98 Å². The van der Waals surface area contributed by atoms with E-state index in [1.54, 1.807) is 7.05 Å². The smallest absolute Gasteiger partial charge is 0.262 e. The van der Waals surface area contributed by atoms with Crippen molar-refractivity contribution < 1.29 is 4.79 Å². The van der Waals surface area contributed by atoms with Gasteiger partial charge in [-0.3, -0.25) is 15.1 Å². The molecule has 0 heterocycles. The van der Waals surface area contributed by atoms with Crippen LogP contribution in [0, 0.1) is 0 Å². The number of rotatable bonds is 5. The maximum atomic E-state index is 10.6. The molecule has 0 aliphatic rings. The van der Waals surface area contributed by atoms with Crippen LogP contribution in [0.5, 0.6) is 0 Å². The number of nitrogens with zero attached hydrogens (tertiary/aromatic N) is 2. The zero-order valence-electron chi connectivity index (χ0n) is 7.37. The number of hydrogen-bond acceptors (Lipinski definition) is 3. The molecule has 0 rings (SSSR count). The molecule has 0 aliphatic carbocycles. The zero-order chi connectivity index (χ0) is 9.23. The highest BCUT2D eigenvalue weighted by Gasteiger charge is 1.84. The Bertz CT molecular complexity index is 176. The maximum absolute atomic E-state index is 10.6. The fourth-order valence-corrected chi connectivity index (χ4v) is 0.430. The Morgan fingerprint density at radius 2 is 2.33 bits per heavy atom. The third kappa shape index (κ3) is 6.88. The summed E-state index contributed by atoms with van der Waals surface area (Å²) in [4.78, 5) is 18.1. The molecule has 0 atom stereocenters. The van der Waals surface area contributed by atoms with Crippen molar-refractivity contribution in [1.82, 2.24) is 10.6 Å². The minimum Gasteiger partial charge on any atom is -0.354 e. The fraction of sp³-hybridized carbons (Fsp3) is 0.571. The van der Waals surface area contributed by atoms with Gasteiger partial charge < -0.3 is 5.32 Å². The van der Waals surface area contributed by atoms with Gasteiger partial charge in [0.15, 0.2) is 0 Å². The van der Waals surface area contributed by atoms with Gasteiger partial charge in [-0.25, -0.2) is 4.99 Å². The van der Waals surface area contributed by atoms with E-state index < -0.39 is 0 Å². The number of aliphatic imine (C=N–C) groups is 2. The van der Waals surface area contributed by atoms with Crippen LogP contribution in [0.4, 0.5) is 0 Å². The molecule has 0 bridgehead atoms. The van der Waals surface area contributed by atoms with Crippen molar-refractivity contribution in [2.75, 3.05) is 20.3 Å². The molecule has 5 heteroatoms. The molecular weight excluding hydrogens is 156 g/mol. The Kier molecular flexibility index (Phi) is 7.07. The fourth-order valence-electron chi connectivity index (χ4n) is 0.430. The van der Waals surface area contributed by atoms with Gasteiger partial charge in [-0.1, -0.05) is 6.92 Å². The molecule has 0 saturated carbocycles. The lowest BCUT2D eigenvalue weighted by atomic mass is 10.7. The van der Waals surface area contributed by atoms with Crippen LogP contribution >= 0.6 is 0 Å². The highest BCUT2D eigenvalue weighted by Crippen LogP contribution is 1.64. The molecule has 0 aliphatic heterocycles. The van der Waals surface area contributed by atoms with Gasteiger partial charge in [0.25, 0.3) is 5.91 Å². The first-order valence-corrected chi connectivity index (χ1v) is 3.75. The van der Waals surface area contributed by atoms with Gasteiger partial charge >= 0.3 is 0 Å².